The van der Waals surface area contributed by atoms with Gasteiger partial charge in [0, 0.05) is 19.2 Å². The molecule has 0 fully saturated rings. The first-order chi connectivity index (χ1) is 9.41. The van der Waals surface area contributed by atoms with Gasteiger partial charge >= 0.3 is 0 Å². The maximum atomic E-state index is 10.7. The summed E-state index contributed by atoms with van der Waals surface area (Å²) in [6, 6.07) is 4.66. The number of hydrogen-bond acceptors (Lipinski definition) is 6. The van der Waals surface area contributed by atoms with E-state index in [4.69, 9.17) is 9.15 Å². The molecule has 2 aromatic rings. The zero-order valence-corrected chi connectivity index (χ0v) is 11.7. The van der Waals surface area contributed by atoms with E-state index in [2.05, 4.69) is 10.3 Å². The number of non-ortho nitro benzene ring substituents is 1. The maximum absolute atomic E-state index is 10.7. The molecular weight excluding hydrogens is 262 g/mol. The van der Waals surface area contributed by atoms with E-state index >= 15 is 0 Å². The van der Waals surface area contributed by atoms with Crippen LogP contribution in [0, 0.1) is 10.1 Å². The third-order valence-electron chi connectivity index (χ3n) is 2.78. The normalized spacial score (nSPS) is 11.8. The van der Waals surface area contributed by atoms with E-state index in [-0.39, 0.29) is 11.3 Å². The van der Waals surface area contributed by atoms with Crippen LogP contribution in [-0.2, 0) is 4.74 Å². The van der Waals surface area contributed by atoms with Gasteiger partial charge in [0.1, 0.15) is 5.52 Å². The van der Waals surface area contributed by atoms with Gasteiger partial charge in [-0.3, -0.25) is 10.1 Å². The molecule has 7 nitrogen and oxygen atoms in total. The number of anilines is 1. The van der Waals surface area contributed by atoms with Gasteiger partial charge in [0.15, 0.2) is 5.58 Å². The number of aromatic nitrogens is 1. The predicted molar refractivity (Wildman–Crippen MR) is 74.9 cm³/mol. The lowest BCUT2D eigenvalue weighted by molar-refractivity contribution is -0.384. The van der Waals surface area contributed by atoms with Gasteiger partial charge in [-0.25, -0.2) is 0 Å². The Bertz CT molecular complexity index is 621. The van der Waals surface area contributed by atoms with Gasteiger partial charge in [-0.1, -0.05) is 0 Å². The second-order valence-electron chi connectivity index (χ2n) is 4.97. The van der Waals surface area contributed by atoms with Crippen molar-refractivity contribution in [2.45, 2.75) is 26.4 Å². The average Bonchev–Trinajstić information content (AvgIpc) is 2.78. The third kappa shape index (κ3) is 3.24. The molecule has 7 heteroatoms. The van der Waals surface area contributed by atoms with Crippen molar-refractivity contribution >= 4 is 22.8 Å². The first-order valence-corrected chi connectivity index (χ1v) is 6.34. The third-order valence-corrected chi connectivity index (χ3v) is 2.78. The number of rotatable bonds is 6. The average molecular weight is 279 g/mol. The monoisotopic (exact) mass is 279 g/mol. The highest BCUT2D eigenvalue weighted by Gasteiger charge is 2.19. The van der Waals surface area contributed by atoms with E-state index in [1.54, 1.807) is 6.07 Å². The Balaban J connectivity index is 2.14. The molecule has 1 aromatic carbocycles. The Morgan fingerprint density at radius 1 is 1.50 bits per heavy atom. The minimum Gasteiger partial charge on any atom is -0.423 e. The molecule has 0 aliphatic rings. The topological polar surface area (TPSA) is 90.4 Å². The van der Waals surface area contributed by atoms with Crippen molar-refractivity contribution in [3.8, 4) is 0 Å². The fraction of sp³-hybridized carbons (Fsp3) is 0.462. The quantitative estimate of drug-likeness (QED) is 0.645. The zero-order valence-electron chi connectivity index (χ0n) is 11.7. The van der Waals surface area contributed by atoms with Crippen LogP contribution in [0.2, 0.25) is 0 Å². The van der Waals surface area contributed by atoms with Crippen molar-refractivity contribution in [3.05, 3.63) is 28.3 Å². The van der Waals surface area contributed by atoms with E-state index in [1.807, 2.05) is 20.8 Å². The lowest BCUT2D eigenvalue weighted by Gasteiger charge is -2.24. The first kappa shape index (κ1) is 14.3. The summed E-state index contributed by atoms with van der Waals surface area (Å²) < 4.78 is 11.0. The summed E-state index contributed by atoms with van der Waals surface area (Å²) in [5.74, 6) is 0. The predicted octanol–water partition coefficient (Wildman–Crippen LogP) is 2.96. The smallest absolute Gasteiger partial charge is 0.295 e. The molecular formula is C13H17N3O4. The first-order valence-electron chi connectivity index (χ1n) is 6.34. The molecule has 20 heavy (non-hydrogen) atoms. The summed E-state index contributed by atoms with van der Waals surface area (Å²) in [6.45, 7) is 6.98. The summed E-state index contributed by atoms with van der Waals surface area (Å²) in [4.78, 5) is 14.4. The second kappa shape index (κ2) is 5.46. The number of nitrogens with one attached hydrogen (secondary N) is 1. The van der Waals surface area contributed by atoms with Gasteiger partial charge in [-0.05, 0) is 26.8 Å². The van der Waals surface area contributed by atoms with E-state index in [1.165, 1.54) is 12.1 Å². The van der Waals surface area contributed by atoms with Gasteiger partial charge in [-0.2, -0.15) is 4.98 Å². The van der Waals surface area contributed by atoms with Crippen molar-refractivity contribution in [2.24, 2.45) is 0 Å². The van der Waals surface area contributed by atoms with Crippen LogP contribution < -0.4 is 5.32 Å². The lowest BCUT2D eigenvalue weighted by atomic mass is 10.1. The van der Waals surface area contributed by atoms with E-state index in [9.17, 15) is 10.1 Å². The van der Waals surface area contributed by atoms with Crippen LogP contribution >= 0.6 is 0 Å². The van der Waals surface area contributed by atoms with Crippen molar-refractivity contribution < 1.29 is 14.1 Å². The summed E-state index contributed by atoms with van der Waals surface area (Å²) in [5, 5.41) is 13.7. The molecule has 0 aliphatic carbocycles. The minimum atomic E-state index is -0.465. The van der Waals surface area contributed by atoms with Crippen LogP contribution in [0.15, 0.2) is 22.6 Å². The number of fused-ring (bicyclic) bond motifs is 1. The molecule has 108 valence electrons. The molecule has 0 amide bonds. The SMILES string of the molecule is CCOC(C)(C)CNc1nc2ccc([N+](=O)[O-])cc2o1. The Morgan fingerprint density at radius 3 is 2.90 bits per heavy atom. The van der Waals surface area contributed by atoms with E-state index in [0.29, 0.717) is 30.3 Å². The van der Waals surface area contributed by atoms with Crippen molar-refractivity contribution in [1.82, 2.24) is 4.98 Å². The zero-order chi connectivity index (χ0) is 14.8. The maximum Gasteiger partial charge on any atom is 0.295 e. The Labute approximate surface area is 116 Å². The van der Waals surface area contributed by atoms with E-state index in [0.717, 1.165) is 0 Å². The van der Waals surface area contributed by atoms with Crippen LogP contribution in [-0.4, -0.2) is 28.7 Å². The van der Waals surface area contributed by atoms with Crippen LogP contribution in [0.1, 0.15) is 20.8 Å². The molecule has 0 radical (unpaired) electrons. The largest absolute Gasteiger partial charge is 0.423 e. The molecule has 1 heterocycles. The number of nitro groups is 1. The fourth-order valence-corrected chi connectivity index (χ4v) is 1.83. The molecule has 1 N–H and O–H groups in total. The van der Waals surface area contributed by atoms with Gasteiger partial charge < -0.3 is 14.5 Å². The van der Waals surface area contributed by atoms with Crippen molar-refractivity contribution in [3.63, 3.8) is 0 Å². The summed E-state index contributed by atoms with van der Waals surface area (Å²) in [6.07, 6.45) is 0. The Kier molecular flexibility index (Phi) is 3.89. The molecule has 0 bridgehead atoms. The molecule has 0 aliphatic heterocycles. The fourth-order valence-electron chi connectivity index (χ4n) is 1.83. The molecule has 2 rings (SSSR count). The van der Waals surface area contributed by atoms with Crippen molar-refractivity contribution in [2.75, 3.05) is 18.5 Å². The molecule has 0 saturated heterocycles. The lowest BCUT2D eigenvalue weighted by Crippen LogP contribution is -2.33. The minimum absolute atomic E-state index is 0.0187. The number of hydrogen-bond donors (Lipinski definition) is 1. The van der Waals surface area contributed by atoms with E-state index < -0.39 is 4.92 Å². The molecule has 0 saturated carbocycles. The number of nitro benzene ring substituents is 1. The molecule has 1 aromatic heterocycles. The standard InChI is InChI=1S/C13H17N3O4/c1-4-19-13(2,3)8-14-12-15-10-6-5-9(16(17)18)7-11(10)20-12/h5-7H,4,8H2,1-3H3,(H,14,15). The van der Waals surface area contributed by atoms with Gasteiger partial charge in [-0.15, -0.1) is 0 Å². The number of oxazole rings is 1. The number of ether oxygens (including phenoxy) is 1. The molecule has 0 atom stereocenters. The second-order valence-corrected chi connectivity index (χ2v) is 4.97. The van der Waals surface area contributed by atoms with Crippen LogP contribution in [0.25, 0.3) is 11.1 Å². The van der Waals surface area contributed by atoms with Crippen LogP contribution in [0.4, 0.5) is 11.7 Å². The molecule has 0 spiro atoms. The summed E-state index contributed by atoms with van der Waals surface area (Å²) in [5.41, 5.74) is 0.597. The summed E-state index contributed by atoms with van der Waals surface area (Å²) in [7, 11) is 0. The Hall–Kier alpha value is -2.15. The van der Waals surface area contributed by atoms with Gasteiger partial charge in [0.2, 0.25) is 0 Å². The van der Waals surface area contributed by atoms with Gasteiger partial charge in [0.05, 0.1) is 16.6 Å². The Morgan fingerprint density at radius 2 is 2.25 bits per heavy atom. The highest BCUT2D eigenvalue weighted by Crippen LogP contribution is 2.24. The van der Waals surface area contributed by atoms with Crippen molar-refractivity contribution in [1.29, 1.82) is 0 Å². The number of nitrogens with zero attached hydrogens (tertiary/aromatic N) is 2. The van der Waals surface area contributed by atoms with Crippen LogP contribution in [0.3, 0.4) is 0 Å². The van der Waals surface area contributed by atoms with Crippen LogP contribution in [0.5, 0.6) is 0 Å². The summed E-state index contributed by atoms with van der Waals surface area (Å²) >= 11 is 0. The highest BCUT2D eigenvalue weighted by atomic mass is 16.6. The highest BCUT2D eigenvalue weighted by molar-refractivity contribution is 5.77. The number of benzene rings is 1. The molecule has 0 unspecified atom stereocenters. The van der Waals surface area contributed by atoms with Gasteiger partial charge in [0.25, 0.3) is 11.7 Å².